The van der Waals surface area contributed by atoms with Gasteiger partial charge in [-0.05, 0) is 17.7 Å². The van der Waals surface area contributed by atoms with E-state index in [0.717, 1.165) is 10.5 Å². The van der Waals surface area contributed by atoms with Crippen LogP contribution in [0.3, 0.4) is 0 Å². The first-order chi connectivity index (χ1) is 9.73. The minimum Gasteiger partial charge on any atom is -0.345 e. The highest BCUT2D eigenvalue weighted by Gasteiger charge is 2.28. The van der Waals surface area contributed by atoms with Crippen LogP contribution in [0.4, 0.5) is 13.2 Å². The van der Waals surface area contributed by atoms with Gasteiger partial charge in [0.25, 0.3) is 5.91 Å². The molecule has 0 aliphatic rings. The number of hydrogen-bond acceptors (Lipinski definition) is 2. The first-order valence-corrected chi connectivity index (χ1v) is 7.09. The minimum atomic E-state index is -4.47. The largest absolute Gasteiger partial charge is 0.405 e. The average molecular weight is 367 g/mol. The summed E-state index contributed by atoms with van der Waals surface area (Å²) in [4.78, 5) is 24.4. The Kier molecular flexibility index (Phi) is 6.19. The SMILES string of the molecule is CN(CC(=O)NCC(F)(F)F)C(=O)c1ccc(CBr)cc1. The summed E-state index contributed by atoms with van der Waals surface area (Å²) in [6, 6.07) is 6.70. The third-order valence-corrected chi connectivity index (χ3v) is 3.22. The summed E-state index contributed by atoms with van der Waals surface area (Å²) in [7, 11) is 1.36. The van der Waals surface area contributed by atoms with Gasteiger partial charge in [-0.15, -0.1) is 0 Å². The van der Waals surface area contributed by atoms with Gasteiger partial charge in [-0.1, -0.05) is 28.1 Å². The number of halogens is 4. The normalized spacial score (nSPS) is 11.1. The van der Waals surface area contributed by atoms with E-state index in [1.165, 1.54) is 7.05 Å². The minimum absolute atomic E-state index is 0.367. The van der Waals surface area contributed by atoms with Crippen LogP contribution in [0.15, 0.2) is 24.3 Å². The fourth-order valence-corrected chi connectivity index (χ4v) is 1.87. The van der Waals surface area contributed by atoms with E-state index in [1.54, 1.807) is 29.6 Å². The van der Waals surface area contributed by atoms with Gasteiger partial charge in [-0.2, -0.15) is 13.2 Å². The summed E-state index contributed by atoms with van der Waals surface area (Å²) >= 11 is 3.27. The fourth-order valence-electron chi connectivity index (χ4n) is 1.50. The average Bonchev–Trinajstić information content (AvgIpc) is 2.43. The molecule has 0 bridgehead atoms. The lowest BCUT2D eigenvalue weighted by atomic mass is 10.1. The summed E-state index contributed by atoms with van der Waals surface area (Å²) in [6.07, 6.45) is -4.47. The Morgan fingerprint density at radius 3 is 2.29 bits per heavy atom. The van der Waals surface area contributed by atoms with E-state index >= 15 is 0 Å². The quantitative estimate of drug-likeness (QED) is 0.813. The molecule has 1 aromatic carbocycles. The fraction of sp³-hybridized carbons (Fsp3) is 0.385. The highest BCUT2D eigenvalue weighted by molar-refractivity contribution is 9.08. The molecule has 0 heterocycles. The van der Waals surface area contributed by atoms with Crippen LogP contribution >= 0.6 is 15.9 Å². The number of amides is 2. The van der Waals surface area contributed by atoms with Crippen molar-refractivity contribution in [3.63, 3.8) is 0 Å². The Labute approximate surface area is 128 Å². The Morgan fingerprint density at radius 2 is 1.81 bits per heavy atom. The monoisotopic (exact) mass is 366 g/mol. The van der Waals surface area contributed by atoms with Gasteiger partial charge in [0.15, 0.2) is 0 Å². The van der Waals surface area contributed by atoms with Crippen LogP contribution < -0.4 is 5.32 Å². The maximum atomic E-state index is 12.0. The zero-order valence-electron chi connectivity index (χ0n) is 11.2. The number of rotatable bonds is 5. The molecule has 1 rings (SSSR count). The molecule has 4 nitrogen and oxygen atoms in total. The molecule has 1 N–H and O–H groups in total. The summed E-state index contributed by atoms with van der Waals surface area (Å²) in [5, 5.41) is 2.36. The van der Waals surface area contributed by atoms with Gasteiger partial charge in [0.1, 0.15) is 6.54 Å². The molecule has 0 aliphatic heterocycles. The number of likely N-dealkylation sites (N-methyl/N-ethyl adjacent to an activating group) is 1. The molecule has 0 fully saturated rings. The number of alkyl halides is 4. The highest BCUT2D eigenvalue weighted by atomic mass is 79.9. The first kappa shape index (κ1) is 17.5. The highest BCUT2D eigenvalue weighted by Crippen LogP contribution is 2.12. The molecule has 0 unspecified atom stereocenters. The molecule has 0 aromatic heterocycles. The Balaban J connectivity index is 2.55. The number of benzene rings is 1. The van der Waals surface area contributed by atoms with E-state index in [2.05, 4.69) is 15.9 Å². The molecule has 1 aromatic rings. The van der Waals surface area contributed by atoms with Crippen molar-refractivity contribution in [3.8, 4) is 0 Å². The molecular weight excluding hydrogens is 353 g/mol. The summed E-state index contributed by atoms with van der Waals surface area (Å²) in [6.45, 7) is -1.84. The van der Waals surface area contributed by atoms with Crippen molar-refractivity contribution in [1.29, 1.82) is 0 Å². The third-order valence-electron chi connectivity index (χ3n) is 2.57. The molecule has 0 aliphatic carbocycles. The van der Waals surface area contributed by atoms with Gasteiger partial charge in [0, 0.05) is 17.9 Å². The maximum absolute atomic E-state index is 12.0. The Hall–Kier alpha value is -1.57. The molecule has 21 heavy (non-hydrogen) atoms. The first-order valence-electron chi connectivity index (χ1n) is 5.97. The second-order valence-corrected chi connectivity index (χ2v) is 4.94. The predicted octanol–water partition coefficient (Wildman–Crippen LogP) is 2.33. The van der Waals surface area contributed by atoms with Gasteiger partial charge in [0.05, 0.1) is 6.54 Å². The van der Waals surface area contributed by atoms with E-state index in [0.29, 0.717) is 10.9 Å². The molecule has 0 atom stereocenters. The zero-order chi connectivity index (χ0) is 16.0. The van der Waals surface area contributed by atoms with Crippen LogP contribution in [-0.2, 0) is 10.1 Å². The van der Waals surface area contributed by atoms with Gasteiger partial charge in [-0.3, -0.25) is 9.59 Å². The Bertz CT molecular complexity index is 503. The number of nitrogens with zero attached hydrogens (tertiary/aromatic N) is 1. The van der Waals surface area contributed by atoms with E-state index in [1.807, 2.05) is 0 Å². The van der Waals surface area contributed by atoms with Crippen molar-refractivity contribution >= 4 is 27.7 Å². The maximum Gasteiger partial charge on any atom is 0.405 e. The van der Waals surface area contributed by atoms with Crippen LogP contribution in [0.2, 0.25) is 0 Å². The predicted molar refractivity (Wildman–Crippen MR) is 75.1 cm³/mol. The second kappa shape index (κ2) is 7.44. The van der Waals surface area contributed by atoms with Gasteiger partial charge < -0.3 is 10.2 Å². The summed E-state index contributed by atoms with van der Waals surface area (Å²) < 4.78 is 35.8. The van der Waals surface area contributed by atoms with Crippen LogP contribution in [-0.4, -0.2) is 43.0 Å². The van der Waals surface area contributed by atoms with E-state index < -0.39 is 31.1 Å². The lowest BCUT2D eigenvalue weighted by molar-refractivity contribution is -0.138. The lowest BCUT2D eigenvalue weighted by Crippen LogP contribution is -2.41. The van der Waals surface area contributed by atoms with E-state index in [9.17, 15) is 22.8 Å². The van der Waals surface area contributed by atoms with Crippen LogP contribution in [0, 0.1) is 0 Å². The van der Waals surface area contributed by atoms with E-state index in [-0.39, 0.29) is 0 Å². The smallest absolute Gasteiger partial charge is 0.345 e. The van der Waals surface area contributed by atoms with Crippen LogP contribution in [0.5, 0.6) is 0 Å². The molecule has 0 saturated heterocycles. The number of carbonyl (C=O) groups is 2. The molecule has 116 valence electrons. The van der Waals surface area contributed by atoms with Crippen LogP contribution in [0.1, 0.15) is 15.9 Å². The standard InChI is InChI=1S/C13H14BrF3N2O2/c1-19(7-11(20)18-8-13(15,16)17)12(21)10-4-2-9(6-14)3-5-10/h2-5H,6-8H2,1H3,(H,18,20). The van der Waals surface area contributed by atoms with Crippen molar-refractivity contribution in [3.05, 3.63) is 35.4 Å². The van der Waals surface area contributed by atoms with Crippen molar-refractivity contribution in [2.45, 2.75) is 11.5 Å². The molecular formula is C13H14BrF3N2O2. The number of nitrogens with one attached hydrogen (secondary N) is 1. The molecule has 8 heteroatoms. The van der Waals surface area contributed by atoms with Crippen molar-refractivity contribution in [1.82, 2.24) is 10.2 Å². The van der Waals surface area contributed by atoms with Crippen molar-refractivity contribution < 1.29 is 22.8 Å². The molecule has 2 amide bonds. The topological polar surface area (TPSA) is 49.4 Å². The van der Waals surface area contributed by atoms with E-state index in [4.69, 9.17) is 0 Å². The molecule has 0 radical (unpaired) electrons. The van der Waals surface area contributed by atoms with Crippen LogP contribution in [0.25, 0.3) is 0 Å². The van der Waals surface area contributed by atoms with Gasteiger partial charge >= 0.3 is 6.18 Å². The summed E-state index contributed by atoms with van der Waals surface area (Å²) in [5.41, 5.74) is 1.35. The number of hydrogen-bond donors (Lipinski definition) is 1. The lowest BCUT2D eigenvalue weighted by Gasteiger charge is -2.17. The van der Waals surface area contributed by atoms with Gasteiger partial charge in [0.2, 0.25) is 5.91 Å². The van der Waals surface area contributed by atoms with Crippen molar-refractivity contribution in [2.24, 2.45) is 0 Å². The van der Waals surface area contributed by atoms with Crippen molar-refractivity contribution in [2.75, 3.05) is 20.1 Å². The molecule has 0 saturated carbocycles. The summed E-state index contributed by atoms with van der Waals surface area (Å²) in [5.74, 6) is -1.29. The van der Waals surface area contributed by atoms with Gasteiger partial charge in [-0.25, -0.2) is 0 Å². The third kappa shape index (κ3) is 6.16. The number of carbonyl (C=O) groups excluding carboxylic acids is 2. The molecule has 0 spiro atoms. The second-order valence-electron chi connectivity index (χ2n) is 4.38. The Morgan fingerprint density at radius 1 is 1.24 bits per heavy atom. The zero-order valence-corrected chi connectivity index (χ0v) is 12.8.